The van der Waals surface area contributed by atoms with E-state index < -0.39 is 0 Å². The van der Waals surface area contributed by atoms with Gasteiger partial charge in [0.2, 0.25) is 0 Å². The van der Waals surface area contributed by atoms with Gasteiger partial charge in [-0.25, -0.2) is 4.98 Å². The number of methoxy groups -OCH3 is 1. The zero-order valence-electron chi connectivity index (χ0n) is 12.6. The molecule has 4 nitrogen and oxygen atoms in total. The fourth-order valence-corrected chi connectivity index (χ4v) is 4.07. The van der Waals surface area contributed by atoms with Crippen LogP contribution in [-0.4, -0.2) is 22.5 Å². The number of nitrogens with zero attached hydrogens (tertiary/aromatic N) is 2. The Bertz CT molecular complexity index is 630. The number of hydrogen-bond acceptors (Lipinski definition) is 4. The van der Waals surface area contributed by atoms with Crippen LogP contribution in [0.4, 0.5) is 0 Å². The summed E-state index contributed by atoms with van der Waals surface area (Å²) in [4.78, 5) is 17.2. The van der Waals surface area contributed by atoms with E-state index in [4.69, 9.17) is 9.72 Å². The van der Waals surface area contributed by atoms with E-state index in [0.29, 0.717) is 6.42 Å². The zero-order chi connectivity index (χ0) is 14.7. The Kier molecular flexibility index (Phi) is 4.58. The minimum absolute atomic E-state index is 0.123. The van der Waals surface area contributed by atoms with E-state index in [1.54, 1.807) is 11.3 Å². The number of ether oxygens (including phenoxy) is 1. The molecule has 0 bridgehead atoms. The topological polar surface area (TPSA) is 43.6 Å². The Morgan fingerprint density at radius 3 is 2.95 bits per heavy atom. The monoisotopic (exact) mass is 306 g/mol. The molecular weight excluding hydrogens is 284 g/mol. The van der Waals surface area contributed by atoms with Gasteiger partial charge in [0, 0.05) is 23.2 Å². The van der Waals surface area contributed by atoms with Crippen LogP contribution in [-0.2, 0) is 28.8 Å². The number of aromatic nitrogens is 2. The summed E-state index contributed by atoms with van der Waals surface area (Å²) in [5.74, 6) is -0.123. The average molecular weight is 306 g/mol. The molecule has 0 aromatic carbocycles. The molecule has 1 aliphatic carbocycles. The molecule has 1 aliphatic rings. The summed E-state index contributed by atoms with van der Waals surface area (Å²) in [6.45, 7) is 0. The van der Waals surface area contributed by atoms with Crippen molar-refractivity contribution in [1.82, 2.24) is 9.38 Å². The third-order valence-electron chi connectivity index (χ3n) is 4.23. The predicted molar refractivity (Wildman–Crippen MR) is 83.9 cm³/mol. The molecule has 114 valence electrons. The minimum atomic E-state index is -0.123. The normalized spacial score (nSPS) is 15.5. The first-order chi connectivity index (χ1) is 10.3. The van der Waals surface area contributed by atoms with Gasteiger partial charge in [-0.15, -0.1) is 11.3 Å². The Labute approximate surface area is 129 Å². The summed E-state index contributed by atoms with van der Waals surface area (Å²) in [5.41, 5.74) is 4.02. The Morgan fingerprint density at radius 2 is 2.14 bits per heavy atom. The first-order valence-electron chi connectivity index (χ1n) is 7.83. The molecule has 2 aromatic rings. The van der Waals surface area contributed by atoms with Crippen molar-refractivity contribution in [3.8, 4) is 0 Å². The second kappa shape index (κ2) is 6.60. The van der Waals surface area contributed by atoms with Gasteiger partial charge >= 0.3 is 5.97 Å². The molecule has 0 atom stereocenters. The SMILES string of the molecule is COC(=O)CCCc1csc2nc3c(n12)CCCCCC3. The lowest BCUT2D eigenvalue weighted by atomic mass is 10.0. The smallest absolute Gasteiger partial charge is 0.305 e. The van der Waals surface area contributed by atoms with E-state index in [1.807, 2.05) is 0 Å². The zero-order valence-corrected chi connectivity index (χ0v) is 13.4. The second-order valence-electron chi connectivity index (χ2n) is 5.69. The molecule has 0 radical (unpaired) electrons. The quantitative estimate of drug-likeness (QED) is 0.811. The van der Waals surface area contributed by atoms with Crippen LogP contribution in [0.2, 0.25) is 0 Å². The number of carbonyl (C=O) groups excluding carboxylic acids is 1. The molecular formula is C16H22N2O2S. The number of aryl methyl sites for hydroxylation is 3. The highest BCUT2D eigenvalue weighted by Crippen LogP contribution is 2.26. The highest BCUT2D eigenvalue weighted by atomic mass is 32.1. The predicted octanol–water partition coefficient (Wildman–Crippen LogP) is 3.55. The van der Waals surface area contributed by atoms with E-state index in [9.17, 15) is 4.79 Å². The number of carbonyl (C=O) groups is 1. The standard InChI is InChI=1S/C16H22N2O2S/c1-20-15(19)10-6-7-12-11-21-16-17-13-8-4-2-3-5-9-14(13)18(12)16/h11H,2-10H2,1H3. The Hall–Kier alpha value is -1.36. The van der Waals surface area contributed by atoms with Crippen molar-refractivity contribution in [2.75, 3.05) is 7.11 Å². The lowest BCUT2D eigenvalue weighted by Gasteiger charge is -2.10. The maximum absolute atomic E-state index is 11.2. The lowest BCUT2D eigenvalue weighted by Crippen LogP contribution is -2.05. The van der Waals surface area contributed by atoms with E-state index in [1.165, 1.54) is 49.9 Å². The largest absolute Gasteiger partial charge is 0.469 e. The van der Waals surface area contributed by atoms with Gasteiger partial charge in [0.05, 0.1) is 12.8 Å². The molecule has 0 saturated carbocycles. The van der Waals surface area contributed by atoms with Gasteiger partial charge < -0.3 is 4.74 Å². The number of thiazole rings is 1. The minimum Gasteiger partial charge on any atom is -0.469 e. The molecule has 0 saturated heterocycles. The maximum atomic E-state index is 11.2. The van der Waals surface area contributed by atoms with Gasteiger partial charge in [0.25, 0.3) is 0 Å². The molecule has 0 fully saturated rings. The van der Waals surface area contributed by atoms with Gasteiger partial charge in [-0.05, 0) is 38.5 Å². The van der Waals surface area contributed by atoms with Crippen LogP contribution < -0.4 is 0 Å². The number of imidazole rings is 1. The van der Waals surface area contributed by atoms with Crippen molar-refractivity contribution in [1.29, 1.82) is 0 Å². The van der Waals surface area contributed by atoms with Gasteiger partial charge in [0.15, 0.2) is 4.96 Å². The van der Waals surface area contributed by atoms with E-state index >= 15 is 0 Å². The first kappa shape index (κ1) is 14.6. The van der Waals surface area contributed by atoms with Crippen LogP contribution in [0.25, 0.3) is 4.96 Å². The summed E-state index contributed by atoms with van der Waals surface area (Å²) in [7, 11) is 1.45. The highest BCUT2D eigenvalue weighted by Gasteiger charge is 2.17. The third kappa shape index (κ3) is 3.12. The number of fused-ring (bicyclic) bond motifs is 3. The molecule has 0 spiro atoms. The third-order valence-corrected chi connectivity index (χ3v) is 5.11. The van der Waals surface area contributed by atoms with Crippen LogP contribution in [0.3, 0.4) is 0 Å². The first-order valence-corrected chi connectivity index (χ1v) is 8.71. The van der Waals surface area contributed by atoms with Crippen molar-refractivity contribution < 1.29 is 9.53 Å². The van der Waals surface area contributed by atoms with Crippen LogP contribution >= 0.6 is 11.3 Å². The van der Waals surface area contributed by atoms with Crippen molar-refractivity contribution in [2.45, 2.75) is 57.8 Å². The number of rotatable bonds is 4. The summed E-state index contributed by atoms with van der Waals surface area (Å²) in [6, 6.07) is 0. The molecule has 0 aliphatic heterocycles. The summed E-state index contributed by atoms with van der Waals surface area (Å²) in [6.07, 6.45) is 9.68. The second-order valence-corrected chi connectivity index (χ2v) is 6.53. The average Bonchev–Trinajstić information content (AvgIpc) is 2.99. The lowest BCUT2D eigenvalue weighted by molar-refractivity contribution is -0.140. The summed E-state index contributed by atoms with van der Waals surface area (Å²) in [5, 5.41) is 2.19. The molecule has 3 rings (SSSR count). The number of hydrogen-bond donors (Lipinski definition) is 0. The Morgan fingerprint density at radius 1 is 1.33 bits per heavy atom. The fourth-order valence-electron chi connectivity index (χ4n) is 3.10. The van der Waals surface area contributed by atoms with Gasteiger partial charge in [-0.1, -0.05) is 12.8 Å². The number of esters is 1. The summed E-state index contributed by atoms with van der Waals surface area (Å²) >= 11 is 1.72. The van der Waals surface area contributed by atoms with E-state index in [-0.39, 0.29) is 5.97 Å². The highest BCUT2D eigenvalue weighted by molar-refractivity contribution is 7.15. The molecule has 5 heteroatoms. The van der Waals surface area contributed by atoms with Gasteiger partial charge in [-0.2, -0.15) is 0 Å². The molecule has 2 heterocycles. The fraction of sp³-hybridized carbons (Fsp3) is 0.625. The molecule has 21 heavy (non-hydrogen) atoms. The van der Waals surface area contributed by atoms with E-state index in [2.05, 4.69) is 9.78 Å². The van der Waals surface area contributed by atoms with Crippen LogP contribution in [0.5, 0.6) is 0 Å². The van der Waals surface area contributed by atoms with Crippen LogP contribution in [0, 0.1) is 0 Å². The molecule has 0 amide bonds. The molecule has 0 N–H and O–H groups in total. The Balaban J connectivity index is 1.81. The van der Waals surface area contributed by atoms with E-state index in [0.717, 1.165) is 30.6 Å². The van der Waals surface area contributed by atoms with Crippen molar-refractivity contribution in [3.63, 3.8) is 0 Å². The van der Waals surface area contributed by atoms with Crippen molar-refractivity contribution in [3.05, 3.63) is 22.5 Å². The molecule has 0 unspecified atom stereocenters. The van der Waals surface area contributed by atoms with Gasteiger partial charge in [0.1, 0.15) is 0 Å². The van der Waals surface area contributed by atoms with Crippen LogP contribution in [0.15, 0.2) is 5.38 Å². The maximum Gasteiger partial charge on any atom is 0.305 e. The van der Waals surface area contributed by atoms with Gasteiger partial charge in [-0.3, -0.25) is 9.20 Å². The van der Waals surface area contributed by atoms with Crippen LogP contribution in [0.1, 0.15) is 55.6 Å². The van der Waals surface area contributed by atoms with Crippen molar-refractivity contribution in [2.24, 2.45) is 0 Å². The molecule has 2 aromatic heterocycles. The summed E-state index contributed by atoms with van der Waals surface area (Å²) < 4.78 is 7.06. The van der Waals surface area contributed by atoms with Crippen molar-refractivity contribution >= 4 is 22.3 Å².